The molecule has 0 unspecified atom stereocenters. The summed E-state index contributed by atoms with van der Waals surface area (Å²) in [6.45, 7) is 3.25. The molecular formula is C10H21NO4S. The lowest BCUT2D eigenvalue weighted by molar-refractivity contribution is 0.0712. The molecule has 0 spiro atoms. The molecule has 6 heteroatoms. The highest BCUT2D eigenvalue weighted by molar-refractivity contribution is 7.91. The van der Waals surface area contributed by atoms with Crippen LogP contribution in [0.25, 0.3) is 0 Å². The number of methoxy groups -OCH3 is 1. The number of hydrogen-bond donors (Lipinski definition) is 1. The van der Waals surface area contributed by atoms with Crippen LogP contribution in [0.5, 0.6) is 0 Å². The standard InChI is InChI=1S/C10H21NO4S/c1-14-4-5-15-3-2-6-16(12,13)9-10-7-11-8-10/h10-11H,2-9H2,1H3. The normalized spacial score (nSPS) is 17.3. The van der Waals surface area contributed by atoms with Crippen LogP contribution in [0.15, 0.2) is 0 Å². The fourth-order valence-electron chi connectivity index (χ4n) is 1.53. The fraction of sp³-hybridized carbons (Fsp3) is 1.00. The zero-order valence-electron chi connectivity index (χ0n) is 9.78. The summed E-state index contributed by atoms with van der Waals surface area (Å²) in [6, 6.07) is 0. The summed E-state index contributed by atoms with van der Waals surface area (Å²) in [5.41, 5.74) is 0. The zero-order chi connectivity index (χ0) is 11.9. The molecule has 96 valence electrons. The molecule has 1 rings (SSSR count). The molecule has 1 fully saturated rings. The second-order valence-corrected chi connectivity index (χ2v) is 6.33. The van der Waals surface area contributed by atoms with E-state index in [0.717, 1.165) is 13.1 Å². The molecule has 1 heterocycles. The van der Waals surface area contributed by atoms with Crippen molar-refractivity contribution in [2.75, 3.05) is 51.5 Å². The predicted molar refractivity (Wildman–Crippen MR) is 62.3 cm³/mol. The van der Waals surface area contributed by atoms with Crippen LogP contribution in [-0.2, 0) is 19.3 Å². The van der Waals surface area contributed by atoms with E-state index in [9.17, 15) is 8.42 Å². The summed E-state index contributed by atoms with van der Waals surface area (Å²) >= 11 is 0. The van der Waals surface area contributed by atoms with E-state index in [4.69, 9.17) is 9.47 Å². The van der Waals surface area contributed by atoms with E-state index >= 15 is 0 Å². The topological polar surface area (TPSA) is 64.6 Å². The minimum absolute atomic E-state index is 0.233. The smallest absolute Gasteiger partial charge is 0.150 e. The Morgan fingerprint density at radius 1 is 1.25 bits per heavy atom. The molecule has 1 N–H and O–H groups in total. The van der Waals surface area contributed by atoms with Crippen molar-refractivity contribution in [2.24, 2.45) is 5.92 Å². The molecule has 0 aromatic rings. The first kappa shape index (κ1) is 13.9. The second kappa shape index (κ2) is 7.21. The maximum atomic E-state index is 11.6. The van der Waals surface area contributed by atoms with Gasteiger partial charge in [-0.2, -0.15) is 0 Å². The van der Waals surface area contributed by atoms with Gasteiger partial charge in [-0.3, -0.25) is 0 Å². The molecule has 1 aliphatic rings. The van der Waals surface area contributed by atoms with Gasteiger partial charge in [0.25, 0.3) is 0 Å². The third-order valence-corrected chi connectivity index (χ3v) is 4.42. The van der Waals surface area contributed by atoms with Gasteiger partial charge in [0.1, 0.15) is 0 Å². The zero-order valence-corrected chi connectivity index (χ0v) is 10.6. The van der Waals surface area contributed by atoms with Crippen LogP contribution in [0.3, 0.4) is 0 Å². The Hall–Kier alpha value is -0.170. The average Bonchev–Trinajstić information content (AvgIpc) is 2.18. The fourth-order valence-corrected chi connectivity index (χ4v) is 3.21. The quantitative estimate of drug-likeness (QED) is 0.569. The minimum atomic E-state index is -2.89. The van der Waals surface area contributed by atoms with E-state index in [1.165, 1.54) is 0 Å². The van der Waals surface area contributed by atoms with E-state index in [1.54, 1.807) is 7.11 Å². The van der Waals surface area contributed by atoms with Crippen LogP contribution in [0.2, 0.25) is 0 Å². The van der Waals surface area contributed by atoms with E-state index < -0.39 is 9.84 Å². The van der Waals surface area contributed by atoms with Crippen molar-refractivity contribution in [3.8, 4) is 0 Å². The highest BCUT2D eigenvalue weighted by atomic mass is 32.2. The lowest BCUT2D eigenvalue weighted by Gasteiger charge is -2.26. The van der Waals surface area contributed by atoms with Crippen molar-refractivity contribution < 1.29 is 17.9 Å². The number of nitrogens with one attached hydrogen (secondary N) is 1. The van der Waals surface area contributed by atoms with Gasteiger partial charge in [-0.05, 0) is 12.3 Å². The van der Waals surface area contributed by atoms with E-state index in [0.29, 0.717) is 37.9 Å². The maximum absolute atomic E-state index is 11.6. The summed E-state index contributed by atoms with van der Waals surface area (Å²) in [5.74, 6) is 0.869. The van der Waals surface area contributed by atoms with Crippen LogP contribution in [-0.4, -0.2) is 59.9 Å². The molecule has 0 aromatic heterocycles. The van der Waals surface area contributed by atoms with Crippen LogP contribution in [0.1, 0.15) is 6.42 Å². The van der Waals surface area contributed by atoms with Gasteiger partial charge in [0.2, 0.25) is 0 Å². The minimum Gasteiger partial charge on any atom is -0.382 e. The number of ether oxygens (including phenoxy) is 2. The molecule has 0 aromatic carbocycles. The summed E-state index contributed by atoms with van der Waals surface area (Å²) < 4.78 is 33.3. The first-order valence-corrected chi connectivity index (χ1v) is 7.44. The lowest BCUT2D eigenvalue weighted by Crippen LogP contribution is -2.45. The van der Waals surface area contributed by atoms with Gasteiger partial charge < -0.3 is 14.8 Å². The van der Waals surface area contributed by atoms with Crippen molar-refractivity contribution in [2.45, 2.75) is 6.42 Å². The number of hydrogen-bond acceptors (Lipinski definition) is 5. The molecule has 1 saturated heterocycles. The Morgan fingerprint density at radius 3 is 2.56 bits per heavy atom. The molecule has 0 saturated carbocycles. The van der Waals surface area contributed by atoms with E-state index in [1.807, 2.05) is 0 Å². The maximum Gasteiger partial charge on any atom is 0.150 e. The summed E-state index contributed by atoms with van der Waals surface area (Å²) in [7, 11) is -1.27. The molecule has 1 aliphatic heterocycles. The van der Waals surface area contributed by atoms with Gasteiger partial charge >= 0.3 is 0 Å². The Balaban J connectivity index is 2.01. The van der Waals surface area contributed by atoms with E-state index in [2.05, 4.69) is 5.32 Å². The first-order valence-electron chi connectivity index (χ1n) is 5.62. The van der Waals surface area contributed by atoms with Crippen molar-refractivity contribution in [3.63, 3.8) is 0 Å². The van der Waals surface area contributed by atoms with Gasteiger partial charge in [0.05, 0.1) is 24.7 Å². The number of sulfone groups is 1. The predicted octanol–water partition coefficient (Wildman–Crippen LogP) is -0.326. The van der Waals surface area contributed by atoms with Crippen molar-refractivity contribution in [3.05, 3.63) is 0 Å². The van der Waals surface area contributed by atoms with Gasteiger partial charge in [0, 0.05) is 26.8 Å². The number of rotatable bonds is 9. The molecular weight excluding hydrogens is 230 g/mol. The van der Waals surface area contributed by atoms with Crippen LogP contribution in [0.4, 0.5) is 0 Å². The Bertz CT molecular complexity index is 275. The summed E-state index contributed by atoms with van der Waals surface area (Å²) in [5, 5.41) is 3.07. The van der Waals surface area contributed by atoms with Crippen LogP contribution in [0, 0.1) is 5.92 Å². The highest BCUT2D eigenvalue weighted by Crippen LogP contribution is 2.08. The first-order chi connectivity index (χ1) is 7.64. The van der Waals surface area contributed by atoms with Gasteiger partial charge in [-0.25, -0.2) is 8.42 Å². The molecule has 5 nitrogen and oxygen atoms in total. The molecule has 0 amide bonds. The van der Waals surface area contributed by atoms with E-state index in [-0.39, 0.29) is 5.75 Å². The summed E-state index contributed by atoms with van der Waals surface area (Å²) in [4.78, 5) is 0. The third kappa shape index (κ3) is 5.79. The molecule has 0 atom stereocenters. The van der Waals surface area contributed by atoms with Gasteiger partial charge in [-0.1, -0.05) is 0 Å². The van der Waals surface area contributed by atoms with Crippen LogP contribution < -0.4 is 5.32 Å². The monoisotopic (exact) mass is 251 g/mol. The van der Waals surface area contributed by atoms with Crippen molar-refractivity contribution in [1.29, 1.82) is 0 Å². The second-order valence-electron chi connectivity index (χ2n) is 4.10. The largest absolute Gasteiger partial charge is 0.382 e. The summed E-state index contributed by atoms with van der Waals surface area (Å²) in [6.07, 6.45) is 0.576. The SMILES string of the molecule is COCCOCCCS(=O)(=O)CC1CNC1. The molecule has 16 heavy (non-hydrogen) atoms. The molecule has 0 radical (unpaired) electrons. The van der Waals surface area contributed by atoms with Gasteiger partial charge in [0.15, 0.2) is 9.84 Å². The van der Waals surface area contributed by atoms with Gasteiger partial charge in [-0.15, -0.1) is 0 Å². The Morgan fingerprint density at radius 2 is 2.00 bits per heavy atom. The lowest BCUT2D eigenvalue weighted by atomic mass is 10.1. The third-order valence-electron chi connectivity index (χ3n) is 2.53. The highest BCUT2D eigenvalue weighted by Gasteiger charge is 2.23. The van der Waals surface area contributed by atoms with Crippen molar-refractivity contribution >= 4 is 9.84 Å². The van der Waals surface area contributed by atoms with Crippen LogP contribution >= 0.6 is 0 Å². The van der Waals surface area contributed by atoms with Crippen molar-refractivity contribution in [1.82, 2.24) is 5.32 Å². The Labute approximate surface area is 97.4 Å². The average molecular weight is 251 g/mol. The Kier molecular flexibility index (Phi) is 6.26. The molecule has 0 aliphatic carbocycles. The molecule has 0 bridgehead atoms.